The van der Waals surface area contributed by atoms with Crippen LogP contribution in [-0.4, -0.2) is 16.2 Å². The van der Waals surface area contributed by atoms with E-state index in [0.29, 0.717) is 27.6 Å². The van der Waals surface area contributed by atoms with Crippen molar-refractivity contribution < 1.29 is 19.4 Å². The monoisotopic (exact) mass is 556 g/mol. The summed E-state index contributed by atoms with van der Waals surface area (Å²) in [7, 11) is 0. The molecule has 0 unspecified atom stereocenters. The fourth-order valence-electron chi connectivity index (χ4n) is 5.94. The normalized spacial score (nSPS) is 11.6. The molecule has 0 amide bonds. The van der Waals surface area contributed by atoms with Crippen molar-refractivity contribution in [2.75, 3.05) is 0 Å². The first-order valence-corrected chi connectivity index (χ1v) is 13.4. The largest absolute Gasteiger partial charge is 0.506 e. The molecule has 5 aromatic carbocycles. The zero-order valence-electron chi connectivity index (χ0n) is 21.7. The maximum Gasteiger partial charge on any atom is 0.336 e. The predicted molar refractivity (Wildman–Crippen MR) is 163 cm³/mol. The number of rotatable bonds is 3. The van der Waals surface area contributed by atoms with Crippen LogP contribution in [0.4, 0.5) is 0 Å². The quantitative estimate of drug-likeness (QED) is 0.212. The molecule has 1 aliphatic heterocycles. The molecule has 5 nitrogen and oxygen atoms in total. The number of carbonyl (C=O) groups is 1. The highest BCUT2D eigenvalue weighted by atomic mass is 35.5. The van der Waals surface area contributed by atoms with Crippen LogP contribution in [0.1, 0.15) is 15.9 Å². The second-order valence-corrected chi connectivity index (χ2v) is 10.5. The van der Waals surface area contributed by atoms with Gasteiger partial charge in [-0.25, -0.2) is 4.79 Å². The molecule has 0 aromatic heterocycles. The molecule has 0 fully saturated rings. The highest BCUT2D eigenvalue weighted by Crippen LogP contribution is 2.46. The van der Waals surface area contributed by atoms with Crippen molar-refractivity contribution in [3.8, 4) is 39.3 Å². The third-order valence-electron chi connectivity index (χ3n) is 7.79. The first-order chi connectivity index (χ1) is 19.8. The smallest absolute Gasteiger partial charge is 0.336 e. The highest BCUT2D eigenvalue weighted by Gasteiger charge is 2.25. The van der Waals surface area contributed by atoms with E-state index in [-0.39, 0.29) is 33.1 Å². The van der Waals surface area contributed by atoms with E-state index in [1.807, 2.05) is 36.4 Å². The van der Waals surface area contributed by atoms with E-state index in [1.54, 1.807) is 30.3 Å². The van der Waals surface area contributed by atoms with Gasteiger partial charge in [0.1, 0.15) is 17.1 Å². The van der Waals surface area contributed by atoms with E-state index in [4.69, 9.17) is 16.0 Å². The third kappa shape index (κ3) is 3.78. The predicted octanol–water partition coefficient (Wildman–Crippen LogP) is 8.90. The lowest BCUT2D eigenvalue weighted by Gasteiger charge is -2.19. The summed E-state index contributed by atoms with van der Waals surface area (Å²) < 4.78 is 6.14. The minimum absolute atomic E-state index is 0.0875. The maximum absolute atomic E-state index is 13.9. The maximum atomic E-state index is 13.9. The molecule has 198 valence electrons. The van der Waals surface area contributed by atoms with Crippen LogP contribution in [0.25, 0.3) is 66.1 Å². The van der Waals surface area contributed by atoms with Gasteiger partial charge in [-0.2, -0.15) is 0 Å². The van der Waals surface area contributed by atoms with E-state index in [1.165, 1.54) is 18.2 Å². The third-order valence-corrected chi connectivity index (χ3v) is 8.09. The Balaban J connectivity index is 1.69. The van der Waals surface area contributed by atoms with Crippen molar-refractivity contribution in [1.29, 1.82) is 0 Å². The molecule has 0 saturated heterocycles. The number of fused-ring (bicyclic) bond motifs is 4. The number of phenols is 1. The number of aromatic hydroxyl groups is 1. The van der Waals surface area contributed by atoms with Gasteiger partial charge in [0, 0.05) is 39.8 Å². The fraction of sp³-hybridized carbons (Fsp3) is 0.0286. The van der Waals surface area contributed by atoms with Gasteiger partial charge in [-0.15, -0.1) is 0 Å². The Morgan fingerprint density at radius 2 is 1.32 bits per heavy atom. The van der Waals surface area contributed by atoms with Crippen LogP contribution in [0.3, 0.4) is 0 Å². The minimum Gasteiger partial charge on any atom is -0.506 e. The number of halogens is 1. The number of phenolic OH excluding ortho intramolecular Hbond substituents is 1. The lowest BCUT2D eigenvalue weighted by Crippen LogP contribution is -2.08. The Labute approximate surface area is 238 Å². The summed E-state index contributed by atoms with van der Waals surface area (Å²) in [5.74, 6) is -1.01. The molecule has 5 aromatic rings. The van der Waals surface area contributed by atoms with Crippen molar-refractivity contribution in [3.63, 3.8) is 0 Å². The van der Waals surface area contributed by atoms with Gasteiger partial charge in [0.05, 0.1) is 10.6 Å². The summed E-state index contributed by atoms with van der Waals surface area (Å²) in [4.78, 5) is 26.2. The summed E-state index contributed by atoms with van der Waals surface area (Å²) >= 11 is 6.34. The number of carboxylic acids is 1. The Bertz CT molecular complexity index is 2190. The molecular weight excluding hydrogens is 536 g/mol. The Kier molecular flexibility index (Phi) is 5.59. The SMILES string of the molecule is Cc1c2ccccc2c(-c2cc3c(-c4ccccc4C(=O)O)c4cc(Cl)c(O)cc4oc-3cc2=O)c2ccccc12. The van der Waals surface area contributed by atoms with Gasteiger partial charge < -0.3 is 14.6 Å². The van der Waals surface area contributed by atoms with Crippen LogP contribution >= 0.6 is 11.6 Å². The van der Waals surface area contributed by atoms with Gasteiger partial charge >= 0.3 is 5.97 Å². The average Bonchev–Trinajstić information content (AvgIpc) is 2.97. The van der Waals surface area contributed by atoms with Crippen molar-refractivity contribution in [1.82, 2.24) is 0 Å². The number of benzene rings is 6. The summed E-state index contributed by atoms with van der Waals surface area (Å²) in [5, 5.41) is 25.0. The number of aryl methyl sites for hydroxylation is 1. The van der Waals surface area contributed by atoms with Crippen LogP contribution in [0.15, 0.2) is 106 Å². The number of hydrogen-bond acceptors (Lipinski definition) is 4. The van der Waals surface area contributed by atoms with E-state index >= 15 is 0 Å². The van der Waals surface area contributed by atoms with Crippen LogP contribution in [0, 0.1) is 6.92 Å². The standard InChI is InChI=1S/C35H21ClO5/c1-18-19-8-2-4-10-21(19)33(22-11-5-3-9-20(18)22)25-14-26-31(16-29(25)37)41-32-17-30(38)28(36)15-27(32)34(26)23-12-6-7-13-24(23)35(39)40/h2-17,38H,1H3,(H,39,40). The number of aromatic carboxylic acids is 1. The second kappa shape index (κ2) is 9.22. The molecular formula is C35H21ClO5. The fourth-order valence-corrected chi connectivity index (χ4v) is 6.10. The molecule has 2 N–H and O–H groups in total. The van der Waals surface area contributed by atoms with Crippen LogP contribution in [0.5, 0.6) is 5.75 Å². The van der Waals surface area contributed by atoms with Gasteiger partial charge in [0.25, 0.3) is 0 Å². The van der Waals surface area contributed by atoms with Crippen molar-refractivity contribution >= 4 is 50.1 Å². The van der Waals surface area contributed by atoms with Crippen LogP contribution in [-0.2, 0) is 0 Å². The van der Waals surface area contributed by atoms with Crippen LogP contribution < -0.4 is 5.43 Å². The summed E-state index contributed by atoms with van der Waals surface area (Å²) in [5.41, 5.74) is 4.05. The van der Waals surface area contributed by atoms with Gasteiger partial charge in [-0.05, 0) is 57.8 Å². The van der Waals surface area contributed by atoms with Gasteiger partial charge in [0.2, 0.25) is 0 Å². The Morgan fingerprint density at radius 3 is 1.98 bits per heavy atom. The molecule has 0 radical (unpaired) electrons. The van der Waals surface area contributed by atoms with Crippen molar-refractivity contribution in [2.45, 2.75) is 6.92 Å². The zero-order chi connectivity index (χ0) is 28.4. The summed E-state index contributed by atoms with van der Waals surface area (Å²) in [6.07, 6.45) is 0. The lowest BCUT2D eigenvalue weighted by atomic mass is 9.85. The first-order valence-electron chi connectivity index (χ1n) is 13.0. The molecule has 0 saturated carbocycles. The second-order valence-electron chi connectivity index (χ2n) is 10.1. The average molecular weight is 557 g/mol. The number of hydrogen-bond donors (Lipinski definition) is 2. The van der Waals surface area contributed by atoms with Gasteiger partial charge in [0.15, 0.2) is 5.43 Å². The van der Waals surface area contributed by atoms with E-state index < -0.39 is 5.97 Å². The van der Waals surface area contributed by atoms with E-state index in [0.717, 1.165) is 32.7 Å². The molecule has 0 atom stereocenters. The molecule has 1 heterocycles. The highest BCUT2D eigenvalue weighted by molar-refractivity contribution is 6.33. The zero-order valence-corrected chi connectivity index (χ0v) is 22.5. The topological polar surface area (TPSA) is 87.7 Å². The van der Waals surface area contributed by atoms with E-state index in [2.05, 4.69) is 19.1 Å². The molecule has 41 heavy (non-hydrogen) atoms. The molecule has 1 aliphatic carbocycles. The lowest BCUT2D eigenvalue weighted by molar-refractivity contribution is 0.0697. The van der Waals surface area contributed by atoms with Gasteiger partial charge in [-0.1, -0.05) is 78.3 Å². The Morgan fingerprint density at radius 1 is 0.707 bits per heavy atom. The first kappa shape index (κ1) is 24.9. The summed E-state index contributed by atoms with van der Waals surface area (Å²) in [6.45, 7) is 2.08. The molecule has 0 spiro atoms. The summed E-state index contributed by atoms with van der Waals surface area (Å²) in [6, 6.07) is 28.9. The molecule has 7 rings (SSSR count). The van der Waals surface area contributed by atoms with Crippen molar-refractivity contribution in [2.24, 2.45) is 0 Å². The van der Waals surface area contributed by atoms with Crippen molar-refractivity contribution in [3.05, 3.63) is 123 Å². The molecule has 2 aliphatic rings. The van der Waals surface area contributed by atoms with E-state index in [9.17, 15) is 19.8 Å². The molecule has 0 bridgehead atoms. The Hall–Kier alpha value is -5.13. The number of carboxylic acid groups (broad SMARTS) is 1. The van der Waals surface area contributed by atoms with Gasteiger partial charge in [-0.3, -0.25) is 4.79 Å². The molecule has 6 heteroatoms. The van der Waals surface area contributed by atoms with Crippen LogP contribution in [0.2, 0.25) is 5.02 Å². The minimum atomic E-state index is -1.09.